The first-order chi connectivity index (χ1) is 25.0. The largest absolute Gasteiger partial charge is 0.455 e. The van der Waals surface area contributed by atoms with Crippen molar-refractivity contribution in [1.29, 1.82) is 0 Å². The molecular formula is C48H35NOSi. The third-order valence-electron chi connectivity index (χ3n) is 10.8. The summed E-state index contributed by atoms with van der Waals surface area (Å²) in [5.74, 6) is 0. The van der Waals surface area contributed by atoms with Gasteiger partial charge in [0, 0.05) is 33.3 Å². The highest BCUT2D eigenvalue weighted by Gasteiger charge is 2.40. The van der Waals surface area contributed by atoms with Gasteiger partial charge in [0.05, 0.1) is 5.69 Å². The quantitative estimate of drug-likeness (QED) is 0.170. The second-order valence-electron chi connectivity index (χ2n) is 14.1. The molecule has 0 N–H and O–H groups in total. The summed E-state index contributed by atoms with van der Waals surface area (Å²) in [4.78, 5) is 2.46. The van der Waals surface area contributed by atoms with Gasteiger partial charge in [-0.05, 0) is 85.9 Å². The zero-order valence-corrected chi connectivity index (χ0v) is 29.6. The molecule has 1 aliphatic rings. The van der Waals surface area contributed by atoms with E-state index in [1.807, 2.05) is 0 Å². The van der Waals surface area contributed by atoms with Gasteiger partial charge < -0.3 is 9.32 Å². The number of hydrogen-bond donors (Lipinski definition) is 0. The number of benzene rings is 8. The number of anilines is 3. The molecule has 0 aliphatic carbocycles. The van der Waals surface area contributed by atoms with E-state index in [2.05, 4.69) is 194 Å². The summed E-state index contributed by atoms with van der Waals surface area (Å²) < 4.78 is 6.62. The van der Waals surface area contributed by atoms with Crippen LogP contribution in [0.3, 0.4) is 0 Å². The number of para-hydroxylation sites is 2. The van der Waals surface area contributed by atoms with Crippen molar-refractivity contribution in [3.8, 4) is 33.4 Å². The van der Waals surface area contributed by atoms with Crippen LogP contribution in [-0.4, -0.2) is 8.07 Å². The average molecular weight is 670 g/mol. The molecule has 0 radical (unpaired) electrons. The first-order valence-electron chi connectivity index (χ1n) is 17.7. The Morgan fingerprint density at radius 2 is 1.20 bits per heavy atom. The van der Waals surface area contributed by atoms with Crippen molar-refractivity contribution in [1.82, 2.24) is 0 Å². The van der Waals surface area contributed by atoms with Crippen molar-refractivity contribution in [3.63, 3.8) is 0 Å². The van der Waals surface area contributed by atoms with Crippen LogP contribution in [0, 0.1) is 0 Å². The molecule has 0 unspecified atom stereocenters. The lowest BCUT2D eigenvalue weighted by molar-refractivity contribution is 0.670. The van der Waals surface area contributed by atoms with E-state index in [1.165, 1.54) is 65.3 Å². The van der Waals surface area contributed by atoms with Crippen LogP contribution in [0.2, 0.25) is 13.1 Å². The van der Waals surface area contributed by atoms with Crippen LogP contribution in [0.4, 0.5) is 17.1 Å². The highest BCUT2D eigenvalue weighted by atomic mass is 28.3. The van der Waals surface area contributed by atoms with Crippen molar-refractivity contribution in [2.45, 2.75) is 13.1 Å². The molecule has 1 aliphatic heterocycles. The van der Waals surface area contributed by atoms with Crippen LogP contribution < -0.4 is 15.3 Å². The summed E-state index contributed by atoms with van der Waals surface area (Å²) in [5.41, 5.74) is 12.7. The first kappa shape index (κ1) is 29.7. The SMILES string of the molecule is C[Si]1(C)c2cc(N(c3cccc(-c4ccccc4)c3)c3ccccc3-c3ccc4ccccc4c3)ccc2-c2c1ccc1c2oc2ccccc21. The third-order valence-corrected chi connectivity index (χ3v) is 14.4. The minimum Gasteiger partial charge on any atom is -0.455 e. The highest BCUT2D eigenvalue weighted by Crippen LogP contribution is 2.45. The smallest absolute Gasteiger partial charge is 0.143 e. The van der Waals surface area contributed by atoms with E-state index in [4.69, 9.17) is 4.42 Å². The van der Waals surface area contributed by atoms with Gasteiger partial charge in [-0.1, -0.05) is 147 Å². The fraction of sp³-hybridized carbons (Fsp3) is 0.0417. The molecule has 0 spiro atoms. The molecular weight excluding hydrogens is 635 g/mol. The maximum absolute atomic E-state index is 6.62. The van der Waals surface area contributed by atoms with E-state index in [-0.39, 0.29) is 0 Å². The van der Waals surface area contributed by atoms with Gasteiger partial charge in [0.1, 0.15) is 19.2 Å². The van der Waals surface area contributed by atoms with Gasteiger partial charge in [-0.25, -0.2) is 0 Å². The molecule has 0 bridgehead atoms. The Balaban J connectivity index is 1.19. The first-order valence-corrected chi connectivity index (χ1v) is 20.7. The van der Waals surface area contributed by atoms with Crippen LogP contribution >= 0.6 is 0 Å². The average Bonchev–Trinajstić information content (AvgIpc) is 3.67. The predicted octanol–water partition coefficient (Wildman–Crippen LogP) is 12.3. The number of fused-ring (bicyclic) bond motifs is 8. The molecule has 51 heavy (non-hydrogen) atoms. The third kappa shape index (κ3) is 4.70. The van der Waals surface area contributed by atoms with E-state index in [1.54, 1.807) is 0 Å². The highest BCUT2D eigenvalue weighted by molar-refractivity contribution is 7.04. The molecule has 0 amide bonds. The zero-order chi connectivity index (χ0) is 34.1. The van der Waals surface area contributed by atoms with Crippen molar-refractivity contribution in [2.75, 3.05) is 4.90 Å². The summed E-state index contributed by atoms with van der Waals surface area (Å²) in [5, 5.41) is 7.73. The second-order valence-corrected chi connectivity index (χ2v) is 18.5. The van der Waals surface area contributed by atoms with Crippen LogP contribution in [0.5, 0.6) is 0 Å². The molecule has 0 atom stereocenters. The molecule has 0 saturated carbocycles. The molecule has 2 nitrogen and oxygen atoms in total. The van der Waals surface area contributed by atoms with Crippen molar-refractivity contribution in [2.24, 2.45) is 0 Å². The fourth-order valence-corrected chi connectivity index (χ4v) is 11.3. The maximum atomic E-state index is 6.62. The molecule has 9 aromatic rings. The normalized spacial score (nSPS) is 13.1. The van der Waals surface area contributed by atoms with Crippen LogP contribution in [-0.2, 0) is 0 Å². The zero-order valence-electron chi connectivity index (χ0n) is 28.6. The standard InChI is InChI=1S/C48H35NOSi/c1-51(2)45-28-27-41-40-20-9-11-22-44(40)50-48(41)47(45)42-26-25-38(31-46(42)51)49(37-18-12-17-35(30-37)32-13-4-3-5-14-32)43-21-10-8-19-39(43)36-24-23-33-15-6-7-16-34(33)29-36/h3-31H,1-2H3. The Hall–Kier alpha value is -6.16. The second kappa shape index (κ2) is 11.4. The number of nitrogens with zero attached hydrogens (tertiary/aromatic N) is 1. The molecule has 10 rings (SSSR count). The van der Waals surface area contributed by atoms with Crippen LogP contribution in [0.1, 0.15) is 0 Å². The minimum absolute atomic E-state index is 0.945. The van der Waals surface area contributed by atoms with Crippen molar-refractivity contribution < 1.29 is 4.42 Å². The number of furan rings is 1. The summed E-state index contributed by atoms with van der Waals surface area (Å²) in [7, 11) is -2.09. The Morgan fingerprint density at radius 3 is 2.10 bits per heavy atom. The summed E-state index contributed by atoms with van der Waals surface area (Å²) in [6.45, 7) is 4.97. The molecule has 1 aromatic heterocycles. The van der Waals surface area contributed by atoms with Crippen LogP contribution in [0.25, 0.3) is 66.1 Å². The lowest BCUT2D eigenvalue weighted by Gasteiger charge is -2.30. The molecule has 8 aromatic carbocycles. The Labute approximate surface area is 298 Å². The Morgan fingerprint density at radius 1 is 0.451 bits per heavy atom. The van der Waals surface area contributed by atoms with E-state index >= 15 is 0 Å². The van der Waals surface area contributed by atoms with Gasteiger partial charge in [0.2, 0.25) is 0 Å². The van der Waals surface area contributed by atoms with Crippen LogP contribution in [0.15, 0.2) is 180 Å². The van der Waals surface area contributed by atoms with Gasteiger partial charge in [0.25, 0.3) is 0 Å². The number of rotatable bonds is 5. The van der Waals surface area contributed by atoms with Gasteiger partial charge in [-0.15, -0.1) is 0 Å². The van der Waals surface area contributed by atoms with E-state index in [9.17, 15) is 0 Å². The van der Waals surface area contributed by atoms with Crippen molar-refractivity contribution >= 4 is 68.2 Å². The molecule has 3 heteroatoms. The molecule has 242 valence electrons. The summed E-state index contributed by atoms with van der Waals surface area (Å²) in [6, 6.07) is 64.1. The summed E-state index contributed by atoms with van der Waals surface area (Å²) in [6.07, 6.45) is 0. The summed E-state index contributed by atoms with van der Waals surface area (Å²) >= 11 is 0. The predicted molar refractivity (Wildman–Crippen MR) is 219 cm³/mol. The van der Waals surface area contributed by atoms with E-state index < -0.39 is 8.07 Å². The van der Waals surface area contributed by atoms with Gasteiger partial charge in [-0.3, -0.25) is 0 Å². The molecule has 2 heterocycles. The minimum atomic E-state index is -2.09. The van der Waals surface area contributed by atoms with Gasteiger partial charge in [-0.2, -0.15) is 0 Å². The van der Waals surface area contributed by atoms with Crippen molar-refractivity contribution in [3.05, 3.63) is 176 Å². The van der Waals surface area contributed by atoms with E-state index in [0.29, 0.717) is 0 Å². The fourth-order valence-electron chi connectivity index (χ4n) is 8.28. The number of hydrogen-bond acceptors (Lipinski definition) is 2. The molecule has 0 fully saturated rings. The van der Waals surface area contributed by atoms with Gasteiger partial charge >= 0.3 is 0 Å². The Bertz CT molecular complexity index is 2790. The monoisotopic (exact) mass is 669 g/mol. The lowest BCUT2D eigenvalue weighted by Crippen LogP contribution is -2.49. The Kier molecular flexibility index (Phi) is 6.67. The molecule has 0 saturated heterocycles. The van der Waals surface area contributed by atoms with Gasteiger partial charge in [0.15, 0.2) is 0 Å². The lowest BCUT2D eigenvalue weighted by atomic mass is 9.98. The van der Waals surface area contributed by atoms with E-state index in [0.717, 1.165) is 28.2 Å². The maximum Gasteiger partial charge on any atom is 0.143 e. The topological polar surface area (TPSA) is 16.4 Å².